The van der Waals surface area contributed by atoms with Crippen LogP contribution < -0.4 is 4.90 Å². The van der Waals surface area contributed by atoms with Gasteiger partial charge in [0.15, 0.2) is 0 Å². The molecule has 0 aromatic heterocycles. The zero-order valence-electron chi connectivity index (χ0n) is 16.6. The molecule has 0 N–H and O–H groups in total. The summed E-state index contributed by atoms with van der Waals surface area (Å²) in [5.74, 6) is 0. The highest BCUT2D eigenvalue weighted by atomic mass is 19.4. The van der Waals surface area contributed by atoms with Crippen molar-refractivity contribution in [1.82, 2.24) is 0 Å². The van der Waals surface area contributed by atoms with Crippen LogP contribution in [0.4, 0.5) is 29.3 Å². The van der Waals surface area contributed by atoms with Gasteiger partial charge in [0, 0.05) is 16.8 Å². The maximum atomic E-state index is 13.6. The van der Waals surface area contributed by atoms with E-state index in [1.165, 1.54) is 11.0 Å². The number of ether oxygens (including phenoxy) is 1. The highest BCUT2D eigenvalue weighted by molar-refractivity contribution is 6.14. The summed E-state index contributed by atoms with van der Waals surface area (Å²) in [6.45, 7) is 1.86. The molecule has 1 aliphatic rings. The predicted octanol–water partition coefficient (Wildman–Crippen LogP) is 6.22. The molecule has 0 radical (unpaired) electrons. The van der Waals surface area contributed by atoms with E-state index in [0.29, 0.717) is 5.71 Å². The Hall–Kier alpha value is -3.61. The van der Waals surface area contributed by atoms with Gasteiger partial charge in [-0.1, -0.05) is 60.7 Å². The van der Waals surface area contributed by atoms with Crippen LogP contribution in [0, 0.1) is 0 Å². The third-order valence-corrected chi connectivity index (χ3v) is 4.84. The minimum Gasteiger partial charge on any atom is -0.444 e. The summed E-state index contributed by atoms with van der Waals surface area (Å²) in [6, 6.07) is 21.9. The van der Waals surface area contributed by atoms with Crippen molar-refractivity contribution in [2.45, 2.75) is 19.2 Å². The lowest BCUT2D eigenvalue weighted by Crippen LogP contribution is -2.24. The number of alkyl halides is 3. The average molecular weight is 424 g/mol. The van der Waals surface area contributed by atoms with Gasteiger partial charge in [-0.25, -0.2) is 9.79 Å². The predicted molar refractivity (Wildman–Crippen MR) is 113 cm³/mol. The van der Waals surface area contributed by atoms with E-state index in [-0.39, 0.29) is 17.9 Å². The fourth-order valence-corrected chi connectivity index (χ4v) is 3.41. The van der Waals surface area contributed by atoms with E-state index in [1.54, 1.807) is 6.92 Å². The third-order valence-electron chi connectivity index (χ3n) is 4.84. The van der Waals surface area contributed by atoms with Gasteiger partial charge in [0.1, 0.15) is 6.10 Å². The number of carbonyl (C=O) groups excluding carboxylic acids is 1. The minimum absolute atomic E-state index is 0.0971. The second-order valence-corrected chi connectivity index (χ2v) is 7.23. The summed E-state index contributed by atoms with van der Waals surface area (Å²) < 4.78 is 45.9. The number of halogens is 3. The smallest absolute Gasteiger partial charge is 0.416 e. The van der Waals surface area contributed by atoms with Gasteiger partial charge in [-0.2, -0.15) is 13.2 Å². The summed E-state index contributed by atoms with van der Waals surface area (Å²) in [5.41, 5.74) is 1.38. The summed E-state index contributed by atoms with van der Waals surface area (Å²) in [4.78, 5) is 17.9. The molecule has 4 nitrogen and oxygen atoms in total. The standard InChI is InChI=1S/C24H19F3N2O2/c1-16-15-29(23(30)31-16)21-13-19(24(25,26)27)12-20(14-21)28-22(17-8-4-2-5-9-17)18-10-6-3-7-11-18/h2-14,16H,15H2,1H3. The van der Waals surface area contributed by atoms with Crippen molar-refractivity contribution < 1.29 is 22.7 Å². The van der Waals surface area contributed by atoms with Crippen molar-refractivity contribution in [1.29, 1.82) is 0 Å². The van der Waals surface area contributed by atoms with Crippen molar-refractivity contribution in [3.8, 4) is 0 Å². The number of anilines is 1. The first-order valence-corrected chi connectivity index (χ1v) is 9.71. The van der Waals surface area contributed by atoms with Crippen LogP contribution >= 0.6 is 0 Å². The summed E-state index contributed by atoms with van der Waals surface area (Å²) in [6.07, 6.45) is -5.67. The fraction of sp³-hybridized carbons (Fsp3) is 0.167. The molecule has 1 unspecified atom stereocenters. The highest BCUT2D eigenvalue weighted by Gasteiger charge is 2.35. The van der Waals surface area contributed by atoms with Crippen LogP contribution in [0.15, 0.2) is 83.9 Å². The molecule has 158 valence electrons. The molecule has 1 aliphatic heterocycles. The number of hydrogen-bond acceptors (Lipinski definition) is 3. The zero-order valence-corrected chi connectivity index (χ0v) is 16.6. The van der Waals surface area contributed by atoms with Crippen LogP contribution in [0.1, 0.15) is 23.6 Å². The molecule has 1 heterocycles. The largest absolute Gasteiger partial charge is 0.444 e. The van der Waals surface area contributed by atoms with Gasteiger partial charge in [-0.05, 0) is 25.1 Å². The van der Waals surface area contributed by atoms with Gasteiger partial charge < -0.3 is 4.74 Å². The average Bonchev–Trinajstić information content (AvgIpc) is 3.10. The second-order valence-electron chi connectivity index (χ2n) is 7.23. The molecule has 0 bridgehead atoms. The van der Waals surface area contributed by atoms with Gasteiger partial charge >= 0.3 is 12.3 Å². The first kappa shape index (κ1) is 20.7. The molecule has 1 atom stereocenters. The third kappa shape index (κ3) is 4.60. The molecular formula is C24H19F3N2O2. The number of benzene rings is 3. The van der Waals surface area contributed by atoms with Gasteiger partial charge in [-0.3, -0.25) is 4.90 Å². The Bertz CT molecular complexity index is 1070. The maximum Gasteiger partial charge on any atom is 0.416 e. The lowest BCUT2D eigenvalue weighted by Gasteiger charge is -2.17. The van der Waals surface area contributed by atoms with E-state index in [9.17, 15) is 18.0 Å². The number of hydrogen-bond donors (Lipinski definition) is 0. The SMILES string of the molecule is CC1CN(c2cc(N=C(c3ccccc3)c3ccccc3)cc(C(F)(F)F)c2)C(=O)O1. The molecule has 0 spiro atoms. The molecule has 0 aliphatic carbocycles. The molecule has 31 heavy (non-hydrogen) atoms. The van der Waals surface area contributed by atoms with Crippen molar-refractivity contribution >= 4 is 23.2 Å². The Morgan fingerprint density at radius 1 is 0.968 bits per heavy atom. The Labute approximate surface area is 177 Å². The lowest BCUT2D eigenvalue weighted by molar-refractivity contribution is -0.137. The number of nitrogens with zero attached hydrogens (tertiary/aromatic N) is 2. The van der Waals surface area contributed by atoms with Gasteiger partial charge in [0.2, 0.25) is 0 Å². The van der Waals surface area contributed by atoms with Crippen LogP contribution in [-0.2, 0) is 10.9 Å². The summed E-state index contributed by atoms with van der Waals surface area (Å²) >= 11 is 0. The van der Waals surface area contributed by atoms with Gasteiger partial charge in [0.05, 0.1) is 23.5 Å². The maximum absolute atomic E-state index is 13.6. The summed E-state index contributed by atoms with van der Waals surface area (Å²) in [5, 5.41) is 0. The van der Waals surface area contributed by atoms with Crippen molar-refractivity contribution in [2.24, 2.45) is 4.99 Å². The van der Waals surface area contributed by atoms with Crippen LogP contribution in [0.5, 0.6) is 0 Å². The Morgan fingerprint density at radius 3 is 2.03 bits per heavy atom. The first-order valence-electron chi connectivity index (χ1n) is 9.71. The van der Waals surface area contributed by atoms with E-state index < -0.39 is 23.9 Å². The summed E-state index contributed by atoms with van der Waals surface area (Å²) in [7, 11) is 0. The highest BCUT2D eigenvalue weighted by Crippen LogP contribution is 2.37. The van der Waals surface area contributed by atoms with Crippen LogP contribution in [0.25, 0.3) is 0 Å². The van der Waals surface area contributed by atoms with E-state index >= 15 is 0 Å². The van der Waals surface area contributed by atoms with Crippen molar-refractivity contribution in [3.63, 3.8) is 0 Å². The number of cyclic esters (lactones) is 1. The van der Waals surface area contributed by atoms with Gasteiger partial charge in [0.25, 0.3) is 0 Å². The monoisotopic (exact) mass is 424 g/mol. The molecule has 3 aromatic rings. The number of aliphatic imine (C=N–C) groups is 1. The molecule has 1 amide bonds. The number of amides is 1. The quantitative estimate of drug-likeness (QED) is 0.467. The molecular weight excluding hydrogens is 405 g/mol. The molecule has 7 heteroatoms. The number of rotatable bonds is 4. The van der Waals surface area contributed by atoms with Crippen molar-refractivity contribution in [2.75, 3.05) is 11.4 Å². The Kier molecular flexibility index (Phi) is 5.50. The van der Waals surface area contributed by atoms with Crippen LogP contribution in [0.3, 0.4) is 0 Å². The van der Waals surface area contributed by atoms with E-state index in [2.05, 4.69) is 4.99 Å². The molecule has 0 saturated carbocycles. The number of carbonyl (C=O) groups is 1. The first-order chi connectivity index (χ1) is 14.8. The minimum atomic E-state index is -4.59. The Balaban J connectivity index is 1.87. The van der Waals surface area contributed by atoms with E-state index in [0.717, 1.165) is 23.3 Å². The molecule has 3 aromatic carbocycles. The van der Waals surface area contributed by atoms with Crippen molar-refractivity contribution in [3.05, 3.63) is 95.6 Å². The lowest BCUT2D eigenvalue weighted by atomic mass is 10.0. The van der Waals surface area contributed by atoms with E-state index in [1.807, 2.05) is 60.7 Å². The fourth-order valence-electron chi connectivity index (χ4n) is 3.41. The zero-order chi connectivity index (χ0) is 22.0. The topological polar surface area (TPSA) is 41.9 Å². The normalized spacial score (nSPS) is 16.2. The van der Waals surface area contributed by atoms with Crippen LogP contribution in [-0.4, -0.2) is 24.5 Å². The Morgan fingerprint density at radius 2 is 1.55 bits per heavy atom. The van der Waals surface area contributed by atoms with Gasteiger partial charge in [-0.15, -0.1) is 0 Å². The van der Waals surface area contributed by atoms with E-state index in [4.69, 9.17) is 4.74 Å². The van der Waals surface area contributed by atoms with Crippen LogP contribution in [0.2, 0.25) is 0 Å². The molecule has 1 fully saturated rings. The molecule has 4 rings (SSSR count). The molecule has 1 saturated heterocycles. The second kappa shape index (κ2) is 8.26.